The molecule has 78 valence electrons. The van der Waals surface area contributed by atoms with Crippen molar-refractivity contribution in [1.29, 1.82) is 0 Å². The van der Waals surface area contributed by atoms with E-state index in [2.05, 4.69) is 5.10 Å². The molecule has 0 radical (unpaired) electrons. The van der Waals surface area contributed by atoms with Gasteiger partial charge in [0.05, 0.1) is 5.69 Å². The summed E-state index contributed by atoms with van der Waals surface area (Å²) < 4.78 is 1.05. The van der Waals surface area contributed by atoms with Crippen LogP contribution >= 0.6 is 11.3 Å². The Morgan fingerprint density at radius 3 is 2.87 bits per heavy atom. The number of hydrogen-bond donors (Lipinski definition) is 2. The first kappa shape index (κ1) is 9.88. The lowest BCUT2D eigenvalue weighted by atomic mass is 10.2. The smallest absolute Gasteiger partial charge is 0.354 e. The standard InChI is InChI=1S/C9H8N2O3S/c12-5-11-8(9(13)14)3-7(10-11)6-1-2-15-4-6/h1-4,12H,5H2,(H,13,14). The summed E-state index contributed by atoms with van der Waals surface area (Å²) in [4.78, 5) is 10.8. The highest BCUT2D eigenvalue weighted by Gasteiger charge is 2.14. The van der Waals surface area contributed by atoms with Crippen molar-refractivity contribution in [2.75, 3.05) is 0 Å². The Morgan fingerprint density at radius 1 is 1.60 bits per heavy atom. The van der Waals surface area contributed by atoms with E-state index in [1.807, 2.05) is 16.8 Å². The minimum absolute atomic E-state index is 0.0151. The number of aromatic carboxylic acids is 1. The van der Waals surface area contributed by atoms with Crippen LogP contribution < -0.4 is 0 Å². The first-order valence-corrected chi connectivity index (χ1v) is 5.11. The zero-order valence-electron chi connectivity index (χ0n) is 7.62. The number of aromatic nitrogens is 2. The van der Waals surface area contributed by atoms with Crippen LogP contribution in [0.5, 0.6) is 0 Å². The molecule has 2 rings (SSSR count). The minimum atomic E-state index is -1.10. The van der Waals surface area contributed by atoms with Gasteiger partial charge in [-0.3, -0.25) is 0 Å². The molecule has 15 heavy (non-hydrogen) atoms. The highest BCUT2D eigenvalue weighted by atomic mass is 32.1. The second kappa shape index (κ2) is 3.84. The Kier molecular flexibility index (Phi) is 2.53. The zero-order valence-corrected chi connectivity index (χ0v) is 8.44. The van der Waals surface area contributed by atoms with E-state index in [0.717, 1.165) is 10.2 Å². The maximum Gasteiger partial charge on any atom is 0.354 e. The van der Waals surface area contributed by atoms with E-state index in [4.69, 9.17) is 10.2 Å². The Balaban J connectivity index is 2.48. The number of nitrogens with zero attached hydrogens (tertiary/aromatic N) is 2. The normalized spacial score (nSPS) is 10.5. The molecule has 0 saturated heterocycles. The highest BCUT2D eigenvalue weighted by Crippen LogP contribution is 2.21. The molecule has 0 bridgehead atoms. The van der Waals surface area contributed by atoms with Crippen molar-refractivity contribution in [1.82, 2.24) is 9.78 Å². The lowest BCUT2D eigenvalue weighted by Gasteiger charge is -1.96. The Labute approximate surface area is 89.2 Å². The van der Waals surface area contributed by atoms with Crippen LogP contribution in [0.15, 0.2) is 22.9 Å². The summed E-state index contributed by atoms with van der Waals surface area (Å²) in [5, 5.41) is 25.5. The van der Waals surface area contributed by atoms with E-state index in [1.165, 1.54) is 17.4 Å². The minimum Gasteiger partial charge on any atom is -0.477 e. The molecule has 0 saturated carbocycles. The van der Waals surface area contributed by atoms with Crippen LogP contribution in [0.3, 0.4) is 0 Å². The van der Waals surface area contributed by atoms with Crippen molar-refractivity contribution >= 4 is 17.3 Å². The number of carboxylic acids is 1. The highest BCUT2D eigenvalue weighted by molar-refractivity contribution is 7.08. The van der Waals surface area contributed by atoms with Crippen LogP contribution in [0.25, 0.3) is 11.3 Å². The molecule has 0 atom stereocenters. The molecule has 0 aliphatic rings. The van der Waals surface area contributed by atoms with E-state index >= 15 is 0 Å². The molecule has 2 aromatic heterocycles. The van der Waals surface area contributed by atoms with E-state index in [0.29, 0.717) is 5.69 Å². The first-order valence-electron chi connectivity index (χ1n) is 4.17. The van der Waals surface area contributed by atoms with Gasteiger partial charge in [-0.15, -0.1) is 0 Å². The Hall–Kier alpha value is -1.66. The molecular formula is C9H8N2O3S. The van der Waals surface area contributed by atoms with E-state index < -0.39 is 12.7 Å². The predicted molar refractivity (Wildman–Crippen MR) is 54.7 cm³/mol. The lowest BCUT2D eigenvalue weighted by molar-refractivity contribution is 0.0669. The van der Waals surface area contributed by atoms with E-state index in [1.54, 1.807) is 0 Å². The van der Waals surface area contributed by atoms with Gasteiger partial charge >= 0.3 is 5.97 Å². The monoisotopic (exact) mass is 224 g/mol. The summed E-state index contributed by atoms with van der Waals surface area (Å²) in [6, 6.07) is 3.29. The first-order chi connectivity index (χ1) is 7.22. The summed E-state index contributed by atoms with van der Waals surface area (Å²) >= 11 is 1.51. The second-order valence-corrected chi connectivity index (χ2v) is 3.65. The largest absolute Gasteiger partial charge is 0.477 e. The maximum atomic E-state index is 10.8. The van der Waals surface area contributed by atoms with Crippen molar-refractivity contribution in [2.45, 2.75) is 6.73 Å². The fourth-order valence-electron chi connectivity index (χ4n) is 1.25. The van der Waals surface area contributed by atoms with Crippen LogP contribution in [-0.2, 0) is 6.73 Å². The molecule has 5 nitrogen and oxygen atoms in total. The summed E-state index contributed by atoms with van der Waals surface area (Å²) in [6.07, 6.45) is 0. The molecule has 2 heterocycles. The molecule has 0 unspecified atom stereocenters. The van der Waals surface area contributed by atoms with Crippen molar-refractivity contribution in [3.8, 4) is 11.3 Å². The number of aliphatic hydroxyl groups is 1. The molecule has 0 fully saturated rings. The van der Waals surface area contributed by atoms with Crippen LogP contribution in [0.2, 0.25) is 0 Å². The maximum absolute atomic E-state index is 10.8. The third kappa shape index (κ3) is 1.77. The third-order valence-electron chi connectivity index (χ3n) is 1.95. The average molecular weight is 224 g/mol. The third-order valence-corrected chi connectivity index (χ3v) is 2.63. The van der Waals surface area contributed by atoms with Gasteiger partial charge in [0.1, 0.15) is 12.4 Å². The van der Waals surface area contributed by atoms with Gasteiger partial charge in [0.15, 0.2) is 0 Å². The van der Waals surface area contributed by atoms with Crippen LogP contribution in [0, 0.1) is 0 Å². The van der Waals surface area contributed by atoms with Gasteiger partial charge < -0.3 is 10.2 Å². The van der Waals surface area contributed by atoms with Crippen molar-refractivity contribution in [2.24, 2.45) is 0 Å². The number of aliphatic hydroxyl groups excluding tert-OH is 1. The van der Waals surface area contributed by atoms with Crippen molar-refractivity contribution in [3.63, 3.8) is 0 Å². The summed E-state index contributed by atoms with van der Waals surface area (Å²) in [5.74, 6) is -1.10. The number of carboxylic acid groups (broad SMARTS) is 1. The summed E-state index contributed by atoms with van der Waals surface area (Å²) in [7, 11) is 0. The number of thiophene rings is 1. The average Bonchev–Trinajstić information content (AvgIpc) is 2.86. The summed E-state index contributed by atoms with van der Waals surface area (Å²) in [6.45, 7) is -0.439. The molecule has 0 spiro atoms. The number of carbonyl (C=O) groups is 1. The molecule has 2 N–H and O–H groups in total. The van der Waals surface area contributed by atoms with Gasteiger partial charge in [0.25, 0.3) is 0 Å². The van der Waals surface area contributed by atoms with Gasteiger partial charge in [0, 0.05) is 10.9 Å². The Bertz CT molecular complexity index is 476. The Morgan fingerprint density at radius 2 is 2.40 bits per heavy atom. The molecule has 0 amide bonds. The fourth-order valence-corrected chi connectivity index (χ4v) is 1.90. The quantitative estimate of drug-likeness (QED) is 0.823. The second-order valence-electron chi connectivity index (χ2n) is 2.87. The fraction of sp³-hybridized carbons (Fsp3) is 0.111. The van der Waals surface area contributed by atoms with Gasteiger partial charge in [-0.2, -0.15) is 16.4 Å². The van der Waals surface area contributed by atoms with Crippen LogP contribution in [0.4, 0.5) is 0 Å². The van der Waals surface area contributed by atoms with Gasteiger partial charge in [-0.25, -0.2) is 9.48 Å². The topological polar surface area (TPSA) is 75.3 Å². The molecular weight excluding hydrogens is 216 g/mol. The van der Waals surface area contributed by atoms with E-state index in [9.17, 15) is 4.79 Å². The predicted octanol–water partition coefficient (Wildman–Crippen LogP) is 1.26. The van der Waals surface area contributed by atoms with Gasteiger partial charge in [-0.1, -0.05) is 0 Å². The van der Waals surface area contributed by atoms with E-state index in [-0.39, 0.29) is 5.69 Å². The molecule has 6 heteroatoms. The zero-order chi connectivity index (χ0) is 10.8. The van der Waals surface area contributed by atoms with Gasteiger partial charge in [-0.05, 0) is 17.5 Å². The molecule has 0 aliphatic heterocycles. The van der Waals surface area contributed by atoms with Crippen molar-refractivity contribution < 1.29 is 15.0 Å². The molecule has 0 aliphatic carbocycles. The van der Waals surface area contributed by atoms with Crippen LogP contribution in [-0.4, -0.2) is 26.0 Å². The lowest BCUT2D eigenvalue weighted by Crippen LogP contribution is -2.09. The summed E-state index contributed by atoms with van der Waals surface area (Å²) in [5.41, 5.74) is 1.40. The SMILES string of the molecule is O=C(O)c1cc(-c2ccsc2)nn1CO. The number of rotatable bonds is 3. The van der Waals surface area contributed by atoms with Gasteiger partial charge in [0.2, 0.25) is 0 Å². The molecule has 0 aromatic carbocycles. The molecule has 2 aromatic rings. The van der Waals surface area contributed by atoms with Crippen LogP contribution in [0.1, 0.15) is 10.5 Å². The number of hydrogen-bond acceptors (Lipinski definition) is 4. The van der Waals surface area contributed by atoms with Crippen molar-refractivity contribution in [3.05, 3.63) is 28.6 Å².